The first kappa shape index (κ1) is 21.9. The summed E-state index contributed by atoms with van der Waals surface area (Å²) in [5, 5.41) is 6.31. The standard InChI is InChI=1S/C25H25FN4O5/c1-32-24-16(26)3-2-4-17(24)28-23-20-21(15-9-18(15)29-25(20)31)30-22(23)14-5-6-27-10-19(14)35-12-13-11-33-7-8-34-13/h2-6,10,13,15,18,28,30H,7-9,11-12H2,1H3,(H,29,31)/t13-,15-,18+/m1/s1. The van der Waals surface area contributed by atoms with E-state index in [1.807, 2.05) is 6.07 Å². The van der Waals surface area contributed by atoms with Crippen LogP contribution in [0.4, 0.5) is 15.8 Å². The van der Waals surface area contributed by atoms with Crippen LogP contribution in [0.3, 0.4) is 0 Å². The third kappa shape index (κ3) is 3.98. The van der Waals surface area contributed by atoms with E-state index in [-0.39, 0.29) is 29.7 Å². The van der Waals surface area contributed by atoms with Crippen LogP contribution in [0, 0.1) is 5.82 Å². The highest BCUT2D eigenvalue weighted by molar-refractivity contribution is 6.07. The van der Waals surface area contributed by atoms with Gasteiger partial charge in [-0.25, -0.2) is 4.39 Å². The van der Waals surface area contributed by atoms with E-state index in [2.05, 4.69) is 20.6 Å². The Morgan fingerprint density at radius 2 is 2.20 bits per heavy atom. The highest BCUT2D eigenvalue weighted by Crippen LogP contribution is 2.51. The zero-order chi connectivity index (χ0) is 23.9. The average Bonchev–Trinajstić information content (AvgIpc) is 3.55. The highest BCUT2D eigenvalue weighted by Gasteiger charge is 2.48. The summed E-state index contributed by atoms with van der Waals surface area (Å²) < 4.78 is 37.0. The molecule has 1 aliphatic carbocycles. The van der Waals surface area contributed by atoms with Gasteiger partial charge in [-0.1, -0.05) is 6.07 Å². The molecule has 1 amide bonds. The first-order valence-corrected chi connectivity index (χ1v) is 11.6. The number of hydrogen-bond acceptors (Lipinski definition) is 7. The number of methoxy groups -OCH3 is 1. The number of pyridine rings is 1. The summed E-state index contributed by atoms with van der Waals surface area (Å²) in [4.78, 5) is 20.8. The first-order chi connectivity index (χ1) is 17.1. The van der Waals surface area contributed by atoms with Crippen molar-refractivity contribution >= 4 is 17.3 Å². The maximum atomic E-state index is 14.4. The molecule has 0 bridgehead atoms. The van der Waals surface area contributed by atoms with Crippen molar-refractivity contribution in [2.24, 2.45) is 0 Å². The molecule has 0 spiro atoms. The number of halogens is 1. The molecule has 0 radical (unpaired) electrons. The van der Waals surface area contributed by atoms with Gasteiger partial charge in [-0.2, -0.15) is 0 Å². The molecule has 1 saturated carbocycles. The Bertz CT molecular complexity index is 1270. The van der Waals surface area contributed by atoms with Gasteiger partial charge in [0.2, 0.25) is 0 Å². The summed E-state index contributed by atoms with van der Waals surface area (Å²) in [5.74, 6) is 0.128. The number of aromatic amines is 1. The van der Waals surface area contributed by atoms with Gasteiger partial charge in [0.05, 0.1) is 55.8 Å². The molecular weight excluding hydrogens is 455 g/mol. The van der Waals surface area contributed by atoms with E-state index in [4.69, 9.17) is 18.9 Å². The maximum Gasteiger partial charge on any atom is 0.255 e. The van der Waals surface area contributed by atoms with Gasteiger partial charge in [0, 0.05) is 29.4 Å². The molecule has 3 atom stereocenters. The van der Waals surface area contributed by atoms with Crippen LogP contribution in [-0.2, 0) is 9.47 Å². The van der Waals surface area contributed by atoms with Gasteiger partial charge in [-0.3, -0.25) is 9.78 Å². The molecule has 3 aliphatic rings. The number of nitrogens with one attached hydrogen (secondary N) is 3. The van der Waals surface area contributed by atoms with Crippen molar-refractivity contribution in [2.45, 2.75) is 24.5 Å². The monoisotopic (exact) mass is 480 g/mol. The Kier molecular flexibility index (Phi) is 5.54. The molecule has 10 heteroatoms. The fourth-order valence-corrected chi connectivity index (χ4v) is 4.74. The summed E-state index contributed by atoms with van der Waals surface area (Å²) in [6.07, 6.45) is 3.99. The maximum absolute atomic E-state index is 14.4. The van der Waals surface area contributed by atoms with Crippen molar-refractivity contribution in [1.29, 1.82) is 0 Å². The average molecular weight is 480 g/mol. The number of rotatable bonds is 7. The van der Waals surface area contributed by atoms with Crippen molar-refractivity contribution < 1.29 is 28.1 Å². The Hall–Kier alpha value is -3.63. The Balaban J connectivity index is 1.42. The number of nitrogens with zero attached hydrogens (tertiary/aromatic N) is 1. The van der Waals surface area contributed by atoms with Crippen molar-refractivity contribution in [3.63, 3.8) is 0 Å². The second kappa shape index (κ2) is 8.86. The molecule has 6 rings (SSSR count). The van der Waals surface area contributed by atoms with Gasteiger partial charge in [0.25, 0.3) is 5.91 Å². The summed E-state index contributed by atoms with van der Waals surface area (Å²) in [6.45, 7) is 1.86. The van der Waals surface area contributed by atoms with Crippen molar-refractivity contribution in [1.82, 2.24) is 15.3 Å². The number of para-hydroxylation sites is 1. The van der Waals surface area contributed by atoms with Crippen LogP contribution in [0.15, 0.2) is 36.7 Å². The lowest BCUT2D eigenvalue weighted by Gasteiger charge is -2.23. The van der Waals surface area contributed by atoms with Gasteiger partial charge < -0.3 is 34.6 Å². The van der Waals surface area contributed by atoms with E-state index in [1.165, 1.54) is 13.2 Å². The van der Waals surface area contributed by atoms with E-state index in [9.17, 15) is 9.18 Å². The van der Waals surface area contributed by atoms with E-state index < -0.39 is 5.82 Å². The molecule has 3 N–H and O–H groups in total. The lowest BCUT2D eigenvalue weighted by Crippen LogP contribution is -2.33. The quantitative estimate of drug-likeness (QED) is 0.476. The van der Waals surface area contributed by atoms with Crippen LogP contribution < -0.4 is 20.1 Å². The van der Waals surface area contributed by atoms with Crippen LogP contribution in [0.2, 0.25) is 0 Å². The molecule has 1 saturated heterocycles. The zero-order valence-electron chi connectivity index (χ0n) is 19.1. The number of fused-ring (bicyclic) bond motifs is 3. The molecule has 3 aromatic rings. The van der Waals surface area contributed by atoms with Gasteiger partial charge in [0.15, 0.2) is 11.6 Å². The second-order valence-corrected chi connectivity index (χ2v) is 8.78. The Labute approximate surface area is 200 Å². The molecule has 4 heterocycles. The van der Waals surface area contributed by atoms with Gasteiger partial charge in [-0.05, 0) is 24.6 Å². The van der Waals surface area contributed by atoms with Crippen molar-refractivity contribution in [3.05, 3.63) is 53.7 Å². The lowest BCUT2D eigenvalue weighted by molar-refractivity contribution is -0.101. The SMILES string of the molecule is COc1c(F)cccc1Nc1c(-c2ccncc2OC[C@H]2COCCO2)[nH]c2c1C(=O)N[C@H]1C[C@@H]21. The van der Waals surface area contributed by atoms with Crippen LogP contribution in [0.5, 0.6) is 11.5 Å². The summed E-state index contributed by atoms with van der Waals surface area (Å²) in [7, 11) is 1.41. The number of aromatic nitrogens is 2. The van der Waals surface area contributed by atoms with E-state index in [1.54, 1.807) is 24.5 Å². The molecule has 9 nitrogen and oxygen atoms in total. The molecule has 0 unspecified atom stereocenters. The zero-order valence-corrected chi connectivity index (χ0v) is 19.1. The number of hydrogen-bond donors (Lipinski definition) is 3. The largest absolute Gasteiger partial charge is 0.492 e. The number of carbonyl (C=O) groups excluding carboxylic acids is 1. The van der Waals surface area contributed by atoms with Gasteiger partial charge in [-0.15, -0.1) is 0 Å². The summed E-state index contributed by atoms with van der Waals surface area (Å²) >= 11 is 0. The fraction of sp³-hybridized carbons (Fsp3) is 0.360. The van der Waals surface area contributed by atoms with E-state index >= 15 is 0 Å². The number of benzene rings is 1. The second-order valence-electron chi connectivity index (χ2n) is 8.78. The minimum absolute atomic E-state index is 0.0644. The molecular formula is C25H25FN4O5. The molecule has 1 aromatic carbocycles. The molecule has 2 fully saturated rings. The van der Waals surface area contributed by atoms with Crippen LogP contribution in [0.1, 0.15) is 28.4 Å². The molecule has 182 valence electrons. The smallest absolute Gasteiger partial charge is 0.255 e. The lowest BCUT2D eigenvalue weighted by atomic mass is 10.0. The Morgan fingerprint density at radius 1 is 1.29 bits per heavy atom. The summed E-state index contributed by atoms with van der Waals surface area (Å²) in [5.41, 5.74) is 3.68. The summed E-state index contributed by atoms with van der Waals surface area (Å²) in [6, 6.07) is 6.57. The minimum atomic E-state index is -0.502. The van der Waals surface area contributed by atoms with E-state index in [0.29, 0.717) is 60.4 Å². The number of H-pyrrole nitrogens is 1. The Morgan fingerprint density at radius 3 is 3.03 bits per heavy atom. The first-order valence-electron chi connectivity index (χ1n) is 11.6. The fourth-order valence-electron chi connectivity index (χ4n) is 4.74. The van der Waals surface area contributed by atoms with Crippen molar-refractivity contribution in [3.8, 4) is 22.8 Å². The van der Waals surface area contributed by atoms with Crippen LogP contribution >= 0.6 is 0 Å². The van der Waals surface area contributed by atoms with Crippen molar-refractivity contribution in [2.75, 3.05) is 38.9 Å². The number of carbonyl (C=O) groups is 1. The third-order valence-electron chi connectivity index (χ3n) is 6.53. The number of ether oxygens (including phenoxy) is 4. The highest BCUT2D eigenvalue weighted by atomic mass is 19.1. The molecule has 2 aromatic heterocycles. The minimum Gasteiger partial charge on any atom is -0.492 e. The van der Waals surface area contributed by atoms with Crippen LogP contribution in [0.25, 0.3) is 11.3 Å². The predicted molar refractivity (Wildman–Crippen MR) is 125 cm³/mol. The topological polar surface area (TPSA) is 107 Å². The predicted octanol–water partition coefficient (Wildman–Crippen LogP) is 3.36. The molecule has 2 aliphatic heterocycles. The molecule has 35 heavy (non-hydrogen) atoms. The van der Waals surface area contributed by atoms with E-state index in [0.717, 1.165) is 12.1 Å². The van der Waals surface area contributed by atoms with Gasteiger partial charge >= 0.3 is 0 Å². The number of anilines is 2. The number of amides is 1. The third-order valence-corrected chi connectivity index (χ3v) is 6.53. The van der Waals surface area contributed by atoms with Gasteiger partial charge in [0.1, 0.15) is 18.5 Å². The van der Waals surface area contributed by atoms with Crippen LogP contribution in [-0.4, -0.2) is 61.6 Å². The normalized spacial score (nSPS) is 22.6.